The van der Waals surface area contributed by atoms with Gasteiger partial charge in [-0.25, -0.2) is 24.3 Å². The zero-order valence-corrected chi connectivity index (χ0v) is 34.9. The van der Waals surface area contributed by atoms with Gasteiger partial charge in [-0.05, 0) is 83.9 Å². The molecule has 55 heavy (non-hydrogen) atoms. The molecule has 4 heterocycles. The van der Waals surface area contributed by atoms with Crippen molar-refractivity contribution in [2.45, 2.75) is 102 Å². The van der Waals surface area contributed by atoms with Gasteiger partial charge in [-0.3, -0.25) is 0 Å². The second-order valence-electron chi connectivity index (χ2n) is 12.8. The van der Waals surface area contributed by atoms with Gasteiger partial charge in [0.1, 0.15) is 23.8 Å². The summed E-state index contributed by atoms with van der Waals surface area (Å²) < 4.78 is 12.3. The van der Waals surface area contributed by atoms with Gasteiger partial charge >= 0.3 is 0 Å². The van der Waals surface area contributed by atoms with E-state index in [0.29, 0.717) is 24.6 Å². The Morgan fingerprint density at radius 1 is 0.836 bits per heavy atom. The summed E-state index contributed by atoms with van der Waals surface area (Å²) in [6.45, 7) is 27.1. The van der Waals surface area contributed by atoms with Gasteiger partial charge in [0.05, 0.1) is 16.9 Å². The van der Waals surface area contributed by atoms with Crippen molar-refractivity contribution in [3.8, 4) is 0 Å². The number of rotatable bonds is 8. The van der Waals surface area contributed by atoms with Gasteiger partial charge in [0.25, 0.3) is 0 Å². The molecule has 2 N–H and O–H groups in total. The summed E-state index contributed by atoms with van der Waals surface area (Å²) in [4.78, 5) is 18.5. The largest absolute Gasteiger partial charge is 0.360 e. The first-order chi connectivity index (χ1) is 26.7. The van der Waals surface area contributed by atoms with Gasteiger partial charge in [0.15, 0.2) is 0 Å². The Bertz CT molecular complexity index is 2090. The van der Waals surface area contributed by atoms with Gasteiger partial charge in [0, 0.05) is 48.0 Å². The van der Waals surface area contributed by atoms with Crippen molar-refractivity contribution in [2.75, 3.05) is 10.6 Å². The summed E-state index contributed by atoms with van der Waals surface area (Å²) in [7, 11) is 0. The number of halogens is 1. The van der Waals surface area contributed by atoms with Crippen LogP contribution in [-0.2, 0) is 19.3 Å². The molecular weight excluding hydrogens is 680 g/mol. The SMILES string of the molecule is C=C1C(c2ccc(C)cc2)=CNc2ccnc(Nc3ccc(Cc4ncnc5cc(CC)c(CC)cc45)cn3)c21.CC.CC.CC.CC(C)C1=CC=C(F)C1. The maximum absolute atomic E-state index is 12.3. The minimum atomic E-state index is -0.00120. The summed E-state index contributed by atoms with van der Waals surface area (Å²) in [6, 6.07) is 19.0. The number of nitrogens with one attached hydrogen (secondary N) is 2. The summed E-state index contributed by atoms with van der Waals surface area (Å²) in [5.41, 5.74) is 13.2. The van der Waals surface area contributed by atoms with E-state index in [1.807, 2.05) is 72.1 Å². The Labute approximate surface area is 329 Å². The first kappa shape index (κ1) is 44.0. The van der Waals surface area contributed by atoms with E-state index in [0.717, 1.165) is 68.8 Å². The van der Waals surface area contributed by atoms with E-state index in [9.17, 15) is 4.39 Å². The third-order valence-corrected chi connectivity index (χ3v) is 9.15. The number of nitrogens with zero attached hydrogens (tertiary/aromatic N) is 4. The van der Waals surface area contributed by atoms with Crippen LogP contribution in [0.25, 0.3) is 22.0 Å². The lowest BCUT2D eigenvalue weighted by Crippen LogP contribution is -2.09. The van der Waals surface area contributed by atoms with Gasteiger partial charge in [0.2, 0.25) is 0 Å². The first-order valence-electron chi connectivity index (χ1n) is 20.0. The maximum atomic E-state index is 12.3. The summed E-state index contributed by atoms with van der Waals surface area (Å²) in [6.07, 6.45) is 14.0. The molecule has 0 atom stereocenters. The van der Waals surface area contributed by atoms with E-state index in [1.165, 1.54) is 22.3 Å². The lowest BCUT2D eigenvalue weighted by molar-refractivity contribution is 0.600. The molecule has 2 aliphatic rings. The van der Waals surface area contributed by atoms with Crippen molar-refractivity contribution < 1.29 is 4.39 Å². The molecule has 1 aliphatic heterocycles. The number of pyridine rings is 2. The topological polar surface area (TPSA) is 75.6 Å². The molecule has 1 aliphatic carbocycles. The zero-order valence-electron chi connectivity index (χ0n) is 34.9. The molecule has 0 bridgehead atoms. The smallest absolute Gasteiger partial charge is 0.141 e. The predicted octanol–water partition coefficient (Wildman–Crippen LogP) is 13.6. The van der Waals surface area contributed by atoms with Gasteiger partial charge in [-0.1, -0.05) is 123 Å². The molecule has 0 saturated heterocycles. The average Bonchev–Trinajstić information content (AvgIpc) is 3.68. The Hall–Kier alpha value is -5.43. The second kappa shape index (κ2) is 22.1. The Kier molecular flexibility index (Phi) is 17.6. The van der Waals surface area contributed by atoms with Crippen molar-refractivity contribution in [1.29, 1.82) is 0 Å². The number of hydrogen-bond donors (Lipinski definition) is 2. The van der Waals surface area contributed by atoms with E-state index >= 15 is 0 Å². The minimum absolute atomic E-state index is 0.00120. The molecular formula is C48H61FN6. The quantitative estimate of drug-likeness (QED) is 0.165. The third kappa shape index (κ3) is 11.3. The number of anilines is 3. The Balaban J connectivity index is 0.000000463. The summed E-state index contributed by atoms with van der Waals surface area (Å²) >= 11 is 0. The zero-order chi connectivity index (χ0) is 40.5. The molecule has 0 spiro atoms. The van der Waals surface area contributed by atoms with Gasteiger partial charge in [-0.15, -0.1) is 0 Å². The van der Waals surface area contributed by atoms with Crippen LogP contribution in [0.1, 0.15) is 115 Å². The third-order valence-electron chi connectivity index (χ3n) is 9.15. The lowest BCUT2D eigenvalue weighted by Gasteiger charge is -2.23. The number of allylic oxidation sites excluding steroid dienone is 6. The Morgan fingerprint density at radius 3 is 2.11 bits per heavy atom. The van der Waals surface area contributed by atoms with Crippen LogP contribution in [0.5, 0.6) is 0 Å². The van der Waals surface area contributed by atoms with E-state index in [1.54, 1.807) is 18.6 Å². The van der Waals surface area contributed by atoms with E-state index < -0.39 is 0 Å². The monoisotopic (exact) mass is 740 g/mol. The molecule has 290 valence electrons. The fourth-order valence-corrected chi connectivity index (χ4v) is 6.21. The Morgan fingerprint density at radius 2 is 1.53 bits per heavy atom. The molecule has 0 saturated carbocycles. The standard InChI is InChI=1S/C34H32N6.C8H11F.3C2H6/c1-5-24-16-27-30(38-20-39-31(27)17-25(24)6-2)15-23-9-12-32(37-18-23)40-34-33-22(4)28(19-36-29(33)13-14-35-34)26-10-7-21(3)8-11-26;1-6(2)7-3-4-8(9)5-7;3*1-2/h7-14,16-20,36H,4-6,15H2,1-3H3,(H,35,37,40);3-4,6H,5H2,1-2H3;3*1-2H3. The molecule has 3 aromatic heterocycles. The lowest BCUT2D eigenvalue weighted by atomic mass is 9.91. The van der Waals surface area contributed by atoms with Crippen LogP contribution < -0.4 is 10.6 Å². The van der Waals surface area contributed by atoms with Crippen molar-refractivity contribution in [3.63, 3.8) is 0 Å². The highest BCUT2D eigenvalue weighted by Crippen LogP contribution is 2.41. The van der Waals surface area contributed by atoms with Crippen LogP contribution >= 0.6 is 0 Å². The molecule has 2 aromatic carbocycles. The normalized spacial score (nSPS) is 12.5. The average molecular weight is 741 g/mol. The fraction of sp³-hybridized carbons (Fsp3) is 0.333. The summed E-state index contributed by atoms with van der Waals surface area (Å²) in [5, 5.41) is 7.94. The minimum Gasteiger partial charge on any atom is -0.360 e. The number of benzene rings is 2. The molecule has 0 fully saturated rings. The fourth-order valence-electron chi connectivity index (χ4n) is 6.21. The van der Waals surface area contributed by atoms with Gasteiger partial charge in [-0.2, -0.15) is 0 Å². The molecule has 7 rings (SSSR count). The molecule has 5 aromatic rings. The number of aromatic nitrogens is 4. The van der Waals surface area contributed by atoms with Crippen molar-refractivity contribution in [2.24, 2.45) is 5.92 Å². The van der Waals surface area contributed by atoms with Crippen LogP contribution in [-0.4, -0.2) is 19.9 Å². The van der Waals surface area contributed by atoms with Crippen LogP contribution in [0.3, 0.4) is 0 Å². The molecule has 0 radical (unpaired) electrons. The van der Waals surface area contributed by atoms with E-state index in [4.69, 9.17) is 4.98 Å². The summed E-state index contributed by atoms with van der Waals surface area (Å²) in [5.74, 6) is 1.93. The first-order valence-corrected chi connectivity index (χ1v) is 20.0. The molecule has 0 amide bonds. The maximum Gasteiger partial charge on any atom is 0.141 e. The van der Waals surface area contributed by atoms with Crippen LogP contribution in [0.4, 0.5) is 21.7 Å². The highest BCUT2D eigenvalue weighted by atomic mass is 19.1. The van der Waals surface area contributed by atoms with Crippen LogP contribution in [0.15, 0.2) is 110 Å². The van der Waals surface area contributed by atoms with Crippen LogP contribution in [0, 0.1) is 12.8 Å². The van der Waals surface area contributed by atoms with Crippen molar-refractivity contribution >= 4 is 39.4 Å². The number of hydrogen-bond acceptors (Lipinski definition) is 6. The molecule has 6 nitrogen and oxygen atoms in total. The van der Waals surface area contributed by atoms with Crippen molar-refractivity contribution in [1.82, 2.24) is 19.9 Å². The predicted molar refractivity (Wildman–Crippen MR) is 235 cm³/mol. The molecule has 0 unspecified atom stereocenters. The van der Waals surface area contributed by atoms with Gasteiger partial charge < -0.3 is 10.6 Å². The van der Waals surface area contributed by atoms with Crippen LogP contribution in [0.2, 0.25) is 0 Å². The highest BCUT2D eigenvalue weighted by Gasteiger charge is 2.21. The molecule has 7 heteroatoms. The van der Waals surface area contributed by atoms with Crippen molar-refractivity contribution in [3.05, 3.63) is 149 Å². The second-order valence-corrected chi connectivity index (χ2v) is 12.8. The van der Waals surface area contributed by atoms with E-state index in [-0.39, 0.29) is 5.83 Å². The number of aryl methyl sites for hydroxylation is 3. The number of fused-ring (bicyclic) bond motifs is 2. The highest BCUT2D eigenvalue weighted by molar-refractivity contribution is 6.11. The van der Waals surface area contributed by atoms with E-state index in [2.05, 4.69) is 109 Å².